The Hall–Kier alpha value is -1.40. The van der Waals surface area contributed by atoms with Crippen molar-refractivity contribution in [3.8, 4) is 0 Å². The summed E-state index contributed by atoms with van der Waals surface area (Å²) in [5.41, 5.74) is 1.31. The van der Waals surface area contributed by atoms with Crippen molar-refractivity contribution < 1.29 is 0 Å². The third-order valence-corrected chi connectivity index (χ3v) is 4.84. The Labute approximate surface area is 129 Å². The number of thioether (sulfide) groups is 1. The highest BCUT2D eigenvalue weighted by molar-refractivity contribution is 7.99. The molecule has 0 radical (unpaired) electrons. The van der Waals surface area contributed by atoms with Gasteiger partial charge in [-0.15, -0.1) is 10.2 Å². The Bertz CT molecular complexity index is 583. The van der Waals surface area contributed by atoms with Gasteiger partial charge < -0.3 is 4.57 Å². The molecule has 2 aromatic rings. The normalized spacial score (nSPS) is 19.2. The molecule has 5 nitrogen and oxygen atoms in total. The molecule has 1 atom stereocenters. The summed E-state index contributed by atoms with van der Waals surface area (Å²) in [5, 5.41) is 9.79. The zero-order valence-electron chi connectivity index (χ0n) is 12.6. The van der Waals surface area contributed by atoms with Gasteiger partial charge in [-0.3, -0.25) is 9.88 Å². The van der Waals surface area contributed by atoms with Gasteiger partial charge in [0.25, 0.3) is 0 Å². The summed E-state index contributed by atoms with van der Waals surface area (Å²) in [4.78, 5) is 6.59. The molecule has 3 heterocycles. The summed E-state index contributed by atoms with van der Waals surface area (Å²) in [6.45, 7) is 4.22. The molecule has 0 spiro atoms. The standard InChI is InChI=1S/C15H21N5S/c1-3-21-15-18-17-14(19(15)2)13-5-4-10-20(13)11-12-6-8-16-9-7-12/h6-9,13H,3-5,10-11H2,1-2H3. The number of pyridine rings is 1. The fraction of sp³-hybridized carbons (Fsp3) is 0.533. The van der Waals surface area contributed by atoms with Crippen LogP contribution in [-0.2, 0) is 13.6 Å². The van der Waals surface area contributed by atoms with Crippen LogP contribution in [0.4, 0.5) is 0 Å². The van der Waals surface area contributed by atoms with Crippen LogP contribution < -0.4 is 0 Å². The Morgan fingerprint density at radius 1 is 1.29 bits per heavy atom. The summed E-state index contributed by atoms with van der Waals surface area (Å²) in [7, 11) is 2.08. The van der Waals surface area contributed by atoms with Crippen LogP contribution in [-0.4, -0.2) is 36.9 Å². The number of hydrogen-bond donors (Lipinski definition) is 0. The van der Waals surface area contributed by atoms with Gasteiger partial charge in [0, 0.05) is 26.0 Å². The summed E-state index contributed by atoms with van der Waals surface area (Å²) >= 11 is 1.75. The van der Waals surface area contributed by atoms with Crippen LogP contribution in [0.15, 0.2) is 29.7 Å². The van der Waals surface area contributed by atoms with E-state index in [1.807, 2.05) is 12.4 Å². The monoisotopic (exact) mass is 303 g/mol. The van der Waals surface area contributed by atoms with E-state index in [2.05, 4.69) is 50.8 Å². The molecular formula is C15H21N5S. The van der Waals surface area contributed by atoms with Gasteiger partial charge >= 0.3 is 0 Å². The molecule has 0 N–H and O–H groups in total. The second-order valence-electron chi connectivity index (χ2n) is 5.32. The minimum absolute atomic E-state index is 0.377. The highest BCUT2D eigenvalue weighted by Gasteiger charge is 2.30. The smallest absolute Gasteiger partial charge is 0.190 e. The van der Waals surface area contributed by atoms with Crippen LogP contribution in [0.3, 0.4) is 0 Å². The largest absolute Gasteiger partial charge is 0.308 e. The number of aromatic nitrogens is 4. The molecule has 1 unspecified atom stereocenters. The molecule has 1 aliphatic heterocycles. The molecule has 2 aromatic heterocycles. The number of hydrogen-bond acceptors (Lipinski definition) is 5. The molecule has 0 aromatic carbocycles. The molecular weight excluding hydrogens is 282 g/mol. The molecule has 0 bridgehead atoms. The summed E-state index contributed by atoms with van der Waals surface area (Å²) < 4.78 is 2.16. The topological polar surface area (TPSA) is 46.8 Å². The Kier molecular flexibility index (Phi) is 4.55. The number of rotatable bonds is 5. The van der Waals surface area contributed by atoms with E-state index >= 15 is 0 Å². The van der Waals surface area contributed by atoms with Crippen molar-refractivity contribution in [2.45, 2.75) is 37.5 Å². The van der Waals surface area contributed by atoms with E-state index in [1.54, 1.807) is 11.8 Å². The molecule has 3 rings (SSSR count). The maximum atomic E-state index is 4.45. The Balaban J connectivity index is 1.78. The van der Waals surface area contributed by atoms with Crippen molar-refractivity contribution in [1.29, 1.82) is 0 Å². The Morgan fingerprint density at radius 2 is 2.10 bits per heavy atom. The zero-order chi connectivity index (χ0) is 14.7. The highest BCUT2D eigenvalue weighted by Crippen LogP contribution is 2.33. The first kappa shape index (κ1) is 14.5. The maximum Gasteiger partial charge on any atom is 0.190 e. The Morgan fingerprint density at radius 3 is 2.86 bits per heavy atom. The lowest BCUT2D eigenvalue weighted by Crippen LogP contribution is -2.25. The van der Waals surface area contributed by atoms with E-state index in [1.165, 1.54) is 12.0 Å². The van der Waals surface area contributed by atoms with E-state index in [0.29, 0.717) is 6.04 Å². The molecule has 21 heavy (non-hydrogen) atoms. The third kappa shape index (κ3) is 3.11. The average Bonchev–Trinajstić information content (AvgIpc) is 3.08. The van der Waals surface area contributed by atoms with E-state index < -0.39 is 0 Å². The highest BCUT2D eigenvalue weighted by atomic mass is 32.2. The lowest BCUT2D eigenvalue weighted by molar-refractivity contribution is 0.235. The fourth-order valence-corrected chi connectivity index (χ4v) is 3.55. The van der Waals surface area contributed by atoms with Crippen LogP contribution in [0.5, 0.6) is 0 Å². The summed E-state index contributed by atoms with van der Waals surface area (Å²) in [5.74, 6) is 2.12. The van der Waals surface area contributed by atoms with Gasteiger partial charge in [-0.2, -0.15) is 0 Å². The van der Waals surface area contributed by atoms with Crippen molar-refractivity contribution in [2.24, 2.45) is 7.05 Å². The zero-order valence-corrected chi connectivity index (χ0v) is 13.4. The van der Waals surface area contributed by atoms with Crippen LogP contribution in [0.1, 0.15) is 37.2 Å². The van der Waals surface area contributed by atoms with Gasteiger partial charge in [0.05, 0.1) is 6.04 Å². The van der Waals surface area contributed by atoms with Gasteiger partial charge in [-0.1, -0.05) is 18.7 Å². The predicted octanol–water partition coefficient (Wildman–Crippen LogP) is 2.66. The summed E-state index contributed by atoms with van der Waals surface area (Å²) in [6.07, 6.45) is 6.10. The van der Waals surface area contributed by atoms with E-state index in [-0.39, 0.29) is 0 Å². The van der Waals surface area contributed by atoms with Gasteiger partial charge in [-0.25, -0.2) is 0 Å². The molecule has 1 aliphatic rings. The fourth-order valence-electron chi connectivity index (χ4n) is 2.90. The second-order valence-corrected chi connectivity index (χ2v) is 6.55. The lowest BCUT2D eigenvalue weighted by Gasteiger charge is -2.23. The molecule has 0 amide bonds. The van der Waals surface area contributed by atoms with Gasteiger partial charge in [0.2, 0.25) is 0 Å². The minimum Gasteiger partial charge on any atom is -0.308 e. The average molecular weight is 303 g/mol. The van der Waals surface area contributed by atoms with Crippen LogP contribution in [0.2, 0.25) is 0 Å². The molecule has 112 valence electrons. The van der Waals surface area contributed by atoms with Crippen molar-refractivity contribution in [1.82, 2.24) is 24.6 Å². The molecule has 1 saturated heterocycles. The number of nitrogens with zero attached hydrogens (tertiary/aromatic N) is 5. The summed E-state index contributed by atoms with van der Waals surface area (Å²) in [6, 6.07) is 4.55. The van der Waals surface area contributed by atoms with Crippen LogP contribution in [0, 0.1) is 0 Å². The second kappa shape index (κ2) is 6.58. The molecule has 0 aliphatic carbocycles. The van der Waals surface area contributed by atoms with Crippen LogP contribution in [0.25, 0.3) is 0 Å². The van der Waals surface area contributed by atoms with Gasteiger partial charge in [-0.05, 0) is 42.8 Å². The first-order chi connectivity index (χ1) is 10.3. The van der Waals surface area contributed by atoms with E-state index in [4.69, 9.17) is 0 Å². The van der Waals surface area contributed by atoms with Crippen LogP contribution >= 0.6 is 11.8 Å². The van der Waals surface area contributed by atoms with E-state index in [9.17, 15) is 0 Å². The van der Waals surface area contributed by atoms with Crippen molar-refractivity contribution in [3.63, 3.8) is 0 Å². The first-order valence-electron chi connectivity index (χ1n) is 7.44. The van der Waals surface area contributed by atoms with Gasteiger partial charge in [0.1, 0.15) is 0 Å². The predicted molar refractivity (Wildman–Crippen MR) is 84.0 cm³/mol. The minimum atomic E-state index is 0.377. The van der Waals surface area contributed by atoms with Crippen molar-refractivity contribution in [3.05, 3.63) is 35.9 Å². The molecule has 6 heteroatoms. The lowest BCUT2D eigenvalue weighted by atomic mass is 10.2. The van der Waals surface area contributed by atoms with Crippen molar-refractivity contribution >= 4 is 11.8 Å². The van der Waals surface area contributed by atoms with E-state index in [0.717, 1.165) is 36.2 Å². The maximum absolute atomic E-state index is 4.45. The van der Waals surface area contributed by atoms with Gasteiger partial charge in [0.15, 0.2) is 11.0 Å². The third-order valence-electron chi connectivity index (χ3n) is 3.94. The van der Waals surface area contributed by atoms with Crippen molar-refractivity contribution in [2.75, 3.05) is 12.3 Å². The first-order valence-corrected chi connectivity index (χ1v) is 8.43. The molecule has 1 fully saturated rings. The molecule has 0 saturated carbocycles. The SMILES string of the molecule is CCSc1nnc(C2CCCN2Cc2ccncc2)n1C. The number of likely N-dealkylation sites (tertiary alicyclic amines) is 1. The quantitative estimate of drug-likeness (QED) is 0.795.